The smallest absolute Gasteiger partial charge is 0.246 e. The minimum absolute atomic E-state index is 0.0801. The summed E-state index contributed by atoms with van der Waals surface area (Å²) in [6, 6.07) is 2.43. The Morgan fingerprint density at radius 2 is 1.95 bits per heavy atom. The van der Waals surface area contributed by atoms with Crippen LogP contribution in [0.3, 0.4) is 0 Å². The Kier molecular flexibility index (Phi) is 5.24. The Bertz CT molecular complexity index is 616. The van der Waals surface area contributed by atoms with Crippen LogP contribution in [-0.2, 0) is 16.6 Å². The van der Waals surface area contributed by atoms with E-state index in [9.17, 15) is 12.8 Å². The Balaban J connectivity index is 2.41. The summed E-state index contributed by atoms with van der Waals surface area (Å²) in [5.41, 5.74) is 5.55. The van der Waals surface area contributed by atoms with Gasteiger partial charge in [0.1, 0.15) is 10.7 Å². The molecule has 1 aromatic rings. The Hall–Kier alpha value is -0.690. The second-order valence-electron chi connectivity index (χ2n) is 5.39. The third-order valence-corrected chi connectivity index (χ3v) is 6.17. The molecule has 2 rings (SSSR count). The number of halogens is 2. The first kappa shape index (κ1) is 16.7. The lowest BCUT2D eigenvalue weighted by molar-refractivity contribution is 0.285. The molecule has 0 radical (unpaired) electrons. The summed E-state index contributed by atoms with van der Waals surface area (Å²) in [6.07, 6.45) is 4.73. The highest BCUT2D eigenvalue weighted by atomic mass is 35.5. The second-order valence-corrected chi connectivity index (χ2v) is 7.80. The molecule has 0 amide bonds. The summed E-state index contributed by atoms with van der Waals surface area (Å²) in [5, 5.41) is 0.174. The van der Waals surface area contributed by atoms with Crippen LogP contribution >= 0.6 is 11.6 Å². The molecular weight excluding hydrogens is 315 g/mol. The molecule has 0 bridgehead atoms. The lowest BCUT2D eigenvalue weighted by Crippen LogP contribution is -2.38. The molecule has 0 aliphatic heterocycles. The molecule has 1 saturated carbocycles. The molecule has 0 aromatic heterocycles. The maximum atomic E-state index is 14.3. The molecular formula is C14H20ClFN2O2S. The number of nitrogens with two attached hydrogens (primary N) is 1. The largest absolute Gasteiger partial charge is 0.326 e. The highest BCUT2D eigenvalue weighted by molar-refractivity contribution is 7.89. The fourth-order valence-corrected chi connectivity index (χ4v) is 4.60. The third-order valence-electron chi connectivity index (χ3n) is 4.05. The average molecular weight is 335 g/mol. The van der Waals surface area contributed by atoms with E-state index < -0.39 is 15.8 Å². The summed E-state index contributed by atoms with van der Waals surface area (Å²) >= 11 is 5.89. The molecule has 1 aromatic carbocycles. The van der Waals surface area contributed by atoms with Gasteiger partial charge in [0.25, 0.3) is 0 Å². The minimum atomic E-state index is -3.91. The zero-order chi connectivity index (χ0) is 15.6. The van der Waals surface area contributed by atoms with E-state index in [1.165, 1.54) is 17.4 Å². The molecule has 2 N–H and O–H groups in total. The number of sulfonamides is 1. The van der Waals surface area contributed by atoms with Gasteiger partial charge in [0.2, 0.25) is 10.0 Å². The summed E-state index contributed by atoms with van der Waals surface area (Å²) in [5.74, 6) is -0.801. The number of benzene rings is 1. The van der Waals surface area contributed by atoms with Gasteiger partial charge in [-0.3, -0.25) is 0 Å². The fourth-order valence-electron chi connectivity index (χ4n) is 2.75. The van der Waals surface area contributed by atoms with Crippen molar-refractivity contribution >= 4 is 21.6 Å². The van der Waals surface area contributed by atoms with Crippen molar-refractivity contribution in [3.05, 3.63) is 28.5 Å². The first-order valence-corrected chi connectivity index (χ1v) is 8.85. The Labute approximate surface area is 130 Å². The molecule has 1 fully saturated rings. The molecule has 21 heavy (non-hydrogen) atoms. The summed E-state index contributed by atoms with van der Waals surface area (Å²) in [4.78, 5) is -0.386. The molecule has 0 saturated heterocycles. The highest BCUT2D eigenvalue weighted by Gasteiger charge is 2.32. The minimum Gasteiger partial charge on any atom is -0.326 e. The molecule has 1 aliphatic rings. The van der Waals surface area contributed by atoms with Gasteiger partial charge in [-0.05, 0) is 25.0 Å². The predicted molar refractivity (Wildman–Crippen MR) is 81.1 cm³/mol. The van der Waals surface area contributed by atoms with Gasteiger partial charge in [0, 0.05) is 30.2 Å². The molecule has 0 unspecified atom stereocenters. The number of hydrogen-bond donors (Lipinski definition) is 1. The Morgan fingerprint density at radius 3 is 2.52 bits per heavy atom. The van der Waals surface area contributed by atoms with Crippen LogP contribution in [0.15, 0.2) is 17.0 Å². The quantitative estimate of drug-likeness (QED) is 0.920. The van der Waals surface area contributed by atoms with Gasteiger partial charge < -0.3 is 5.73 Å². The molecule has 4 nitrogen and oxygen atoms in total. The van der Waals surface area contributed by atoms with Crippen LogP contribution in [0.5, 0.6) is 0 Å². The maximum absolute atomic E-state index is 14.3. The SMILES string of the molecule is CN(C1CCCCC1)S(=O)(=O)c1cc(Cl)cc(CN)c1F. The van der Waals surface area contributed by atoms with Crippen molar-refractivity contribution in [2.45, 2.75) is 49.6 Å². The zero-order valence-corrected chi connectivity index (χ0v) is 13.6. The number of hydrogen-bond acceptors (Lipinski definition) is 3. The van der Waals surface area contributed by atoms with Gasteiger partial charge in [-0.25, -0.2) is 12.8 Å². The highest BCUT2D eigenvalue weighted by Crippen LogP contribution is 2.30. The van der Waals surface area contributed by atoms with Gasteiger partial charge in [-0.1, -0.05) is 30.9 Å². The molecule has 0 spiro atoms. The standard InChI is InChI=1S/C14H20ClFN2O2S/c1-18(12-5-3-2-4-6-12)21(19,20)13-8-11(15)7-10(9-17)14(13)16/h7-8,12H,2-6,9,17H2,1H3. The van der Waals surface area contributed by atoms with E-state index in [-0.39, 0.29) is 28.1 Å². The van der Waals surface area contributed by atoms with Crippen LogP contribution in [0.4, 0.5) is 4.39 Å². The van der Waals surface area contributed by atoms with Gasteiger partial charge in [-0.2, -0.15) is 4.31 Å². The maximum Gasteiger partial charge on any atom is 0.246 e. The summed E-state index contributed by atoms with van der Waals surface area (Å²) in [6.45, 7) is -0.0952. The lowest BCUT2D eigenvalue weighted by Gasteiger charge is -2.30. The summed E-state index contributed by atoms with van der Waals surface area (Å²) < 4.78 is 40.9. The average Bonchev–Trinajstić information content (AvgIpc) is 2.49. The molecule has 7 heteroatoms. The number of nitrogens with zero attached hydrogens (tertiary/aromatic N) is 1. The van der Waals surface area contributed by atoms with Crippen LogP contribution in [0.25, 0.3) is 0 Å². The molecule has 0 heterocycles. The van der Waals surface area contributed by atoms with Gasteiger partial charge >= 0.3 is 0 Å². The van der Waals surface area contributed by atoms with Crippen LogP contribution < -0.4 is 5.73 Å². The van der Waals surface area contributed by atoms with Crippen LogP contribution in [0.2, 0.25) is 5.02 Å². The van der Waals surface area contributed by atoms with Crippen LogP contribution in [0, 0.1) is 5.82 Å². The summed E-state index contributed by atoms with van der Waals surface area (Å²) in [7, 11) is -2.40. The van der Waals surface area contributed by atoms with Crippen molar-refractivity contribution in [1.29, 1.82) is 0 Å². The van der Waals surface area contributed by atoms with Crippen LogP contribution in [-0.4, -0.2) is 25.8 Å². The zero-order valence-electron chi connectivity index (χ0n) is 12.0. The van der Waals surface area contributed by atoms with Crippen molar-refractivity contribution in [2.24, 2.45) is 5.73 Å². The number of rotatable bonds is 4. The van der Waals surface area contributed by atoms with Gasteiger partial charge in [-0.15, -0.1) is 0 Å². The monoisotopic (exact) mass is 334 g/mol. The second kappa shape index (κ2) is 6.60. The van der Waals surface area contributed by atoms with Crippen molar-refractivity contribution < 1.29 is 12.8 Å². The first-order chi connectivity index (χ1) is 9.87. The van der Waals surface area contributed by atoms with E-state index in [0.29, 0.717) is 0 Å². The predicted octanol–water partition coefficient (Wildman–Crippen LogP) is 2.89. The topological polar surface area (TPSA) is 63.4 Å². The van der Waals surface area contributed by atoms with E-state index in [4.69, 9.17) is 17.3 Å². The first-order valence-electron chi connectivity index (χ1n) is 7.04. The fraction of sp³-hybridized carbons (Fsp3) is 0.571. The Morgan fingerprint density at radius 1 is 1.33 bits per heavy atom. The van der Waals surface area contributed by atoms with E-state index in [0.717, 1.165) is 38.2 Å². The molecule has 1 aliphatic carbocycles. The normalized spacial score (nSPS) is 17.4. The van der Waals surface area contributed by atoms with Crippen molar-refractivity contribution in [3.63, 3.8) is 0 Å². The van der Waals surface area contributed by atoms with Crippen molar-refractivity contribution in [2.75, 3.05) is 7.05 Å². The van der Waals surface area contributed by atoms with E-state index in [1.54, 1.807) is 0 Å². The van der Waals surface area contributed by atoms with Gasteiger partial charge in [0.15, 0.2) is 0 Å². The lowest BCUT2D eigenvalue weighted by atomic mass is 9.96. The van der Waals surface area contributed by atoms with Crippen molar-refractivity contribution in [3.8, 4) is 0 Å². The van der Waals surface area contributed by atoms with Crippen LogP contribution in [0.1, 0.15) is 37.7 Å². The van der Waals surface area contributed by atoms with E-state index >= 15 is 0 Å². The third kappa shape index (κ3) is 3.39. The van der Waals surface area contributed by atoms with E-state index in [1.807, 2.05) is 0 Å². The molecule has 0 atom stereocenters. The van der Waals surface area contributed by atoms with E-state index in [2.05, 4.69) is 0 Å². The molecule has 118 valence electrons. The van der Waals surface area contributed by atoms with Gasteiger partial charge in [0.05, 0.1) is 0 Å². The van der Waals surface area contributed by atoms with Crippen molar-refractivity contribution in [1.82, 2.24) is 4.31 Å².